The molecule has 0 spiro atoms. The molecule has 4 nitrogen and oxygen atoms in total. The molecule has 0 aliphatic heterocycles. The number of fused-ring (bicyclic) bond motifs is 1. The lowest BCUT2D eigenvalue weighted by atomic mass is 10.2. The maximum absolute atomic E-state index is 12.3. The van der Waals surface area contributed by atoms with Gasteiger partial charge < -0.3 is 4.57 Å². The van der Waals surface area contributed by atoms with Gasteiger partial charge in [-0.15, -0.1) is 11.8 Å². The molecule has 0 fully saturated rings. The monoisotopic (exact) mass is 250 g/mol. The number of hydrogen-bond donors (Lipinski definition) is 0. The second kappa shape index (κ2) is 4.41. The van der Waals surface area contributed by atoms with Crippen molar-refractivity contribution in [2.75, 3.05) is 6.26 Å². The van der Waals surface area contributed by atoms with Gasteiger partial charge in [-0.3, -0.25) is 14.0 Å². The third kappa shape index (κ3) is 1.91. The van der Waals surface area contributed by atoms with E-state index in [2.05, 4.69) is 0 Å². The van der Waals surface area contributed by atoms with E-state index in [4.69, 9.17) is 0 Å². The zero-order chi connectivity index (χ0) is 12.6. The molecule has 1 unspecified atom stereocenters. The summed E-state index contributed by atoms with van der Waals surface area (Å²) in [5.41, 5.74) is 0.981. The SMILES string of the molecule is CSC(C)n1ccn2c(=O)ccc(C)c2c1=O. The van der Waals surface area contributed by atoms with Crippen LogP contribution in [-0.2, 0) is 0 Å². The van der Waals surface area contributed by atoms with E-state index in [1.807, 2.05) is 20.1 Å². The quantitative estimate of drug-likeness (QED) is 0.814. The summed E-state index contributed by atoms with van der Waals surface area (Å²) in [4.78, 5) is 23.9. The van der Waals surface area contributed by atoms with Crippen LogP contribution in [0.5, 0.6) is 0 Å². The smallest absolute Gasteiger partial charge is 0.276 e. The van der Waals surface area contributed by atoms with Crippen LogP contribution in [0.25, 0.3) is 5.52 Å². The summed E-state index contributed by atoms with van der Waals surface area (Å²) >= 11 is 1.59. The standard InChI is InChI=1S/C12H14N2O2S/c1-8-4-5-10(15)14-7-6-13(9(2)17-3)12(16)11(8)14/h4-7,9H,1-3H3. The van der Waals surface area contributed by atoms with Crippen molar-refractivity contribution >= 4 is 17.3 Å². The van der Waals surface area contributed by atoms with Crippen molar-refractivity contribution in [3.63, 3.8) is 0 Å². The first-order chi connectivity index (χ1) is 8.06. The largest absolute Gasteiger partial charge is 0.300 e. The van der Waals surface area contributed by atoms with Gasteiger partial charge in [0.05, 0.1) is 5.37 Å². The molecule has 17 heavy (non-hydrogen) atoms. The molecule has 0 bridgehead atoms. The van der Waals surface area contributed by atoms with Crippen molar-refractivity contribution in [2.45, 2.75) is 19.2 Å². The van der Waals surface area contributed by atoms with Crippen molar-refractivity contribution in [2.24, 2.45) is 0 Å². The second-order valence-corrected chi connectivity index (χ2v) is 5.07. The van der Waals surface area contributed by atoms with Gasteiger partial charge in [0.15, 0.2) is 0 Å². The minimum absolute atomic E-state index is 0.0576. The maximum Gasteiger partial charge on any atom is 0.276 e. The van der Waals surface area contributed by atoms with E-state index in [0.29, 0.717) is 5.52 Å². The number of pyridine rings is 1. The topological polar surface area (TPSA) is 43.5 Å². The Labute approximate surface area is 103 Å². The molecule has 2 heterocycles. The van der Waals surface area contributed by atoms with Crippen molar-refractivity contribution < 1.29 is 0 Å². The summed E-state index contributed by atoms with van der Waals surface area (Å²) in [6.07, 6.45) is 5.27. The van der Waals surface area contributed by atoms with Crippen LogP contribution in [0.4, 0.5) is 0 Å². The van der Waals surface area contributed by atoms with Crippen LogP contribution in [0.1, 0.15) is 17.9 Å². The third-order valence-electron chi connectivity index (χ3n) is 2.87. The lowest BCUT2D eigenvalue weighted by Crippen LogP contribution is -2.27. The Morgan fingerprint density at radius 2 is 1.94 bits per heavy atom. The Kier molecular flexibility index (Phi) is 3.11. The van der Waals surface area contributed by atoms with Crippen LogP contribution >= 0.6 is 11.8 Å². The third-order valence-corrected chi connectivity index (χ3v) is 3.78. The number of hydrogen-bond acceptors (Lipinski definition) is 3. The lowest BCUT2D eigenvalue weighted by molar-refractivity contribution is 0.700. The summed E-state index contributed by atoms with van der Waals surface area (Å²) in [5.74, 6) is 0. The molecule has 2 aromatic rings. The van der Waals surface area contributed by atoms with Gasteiger partial charge in [-0.05, 0) is 25.7 Å². The fraction of sp³-hybridized carbons (Fsp3) is 0.333. The van der Waals surface area contributed by atoms with Crippen molar-refractivity contribution in [3.05, 3.63) is 50.8 Å². The van der Waals surface area contributed by atoms with Gasteiger partial charge in [0, 0.05) is 18.5 Å². The predicted molar refractivity (Wildman–Crippen MR) is 70.9 cm³/mol. The predicted octanol–water partition coefficient (Wildman–Crippen LogP) is 1.65. The van der Waals surface area contributed by atoms with Gasteiger partial charge in [-0.25, -0.2) is 0 Å². The Bertz CT molecular complexity index is 672. The van der Waals surface area contributed by atoms with Gasteiger partial charge in [-0.2, -0.15) is 0 Å². The molecular formula is C12H14N2O2S. The Balaban J connectivity index is 2.89. The number of rotatable bonds is 2. The molecule has 0 N–H and O–H groups in total. The molecular weight excluding hydrogens is 236 g/mol. The van der Waals surface area contributed by atoms with Gasteiger partial charge >= 0.3 is 0 Å². The first kappa shape index (κ1) is 12.0. The first-order valence-electron chi connectivity index (χ1n) is 5.32. The van der Waals surface area contributed by atoms with Crippen molar-refractivity contribution in [1.29, 1.82) is 0 Å². The molecule has 1 atom stereocenters. The van der Waals surface area contributed by atoms with Gasteiger partial charge in [0.25, 0.3) is 11.1 Å². The molecule has 0 amide bonds. The molecule has 0 aliphatic rings. The second-order valence-electron chi connectivity index (χ2n) is 3.92. The number of nitrogens with zero attached hydrogens (tertiary/aromatic N) is 2. The van der Waals surface area contributed by atoms with E-state index in [-0.39, 0.29) is 16.5 Å². The first-order valence-corrected chi connectivity index (χ1v) is 6.61. The minimum Gasteiger partial charge on any atom is -0.300 e. The van der Waals surface area contributed by atoms with Crippen LogP contribution < -0.4 is 11.1 Å². The number of aryl methyl sites for hydroxylation is 1. The average Bonchev–Trinajstić information content (AvgIpc) is 2.33. The molecule has 90 valence electrons. The number of thioether (sulfide) groups is 1. The summed E-state index contributed by atoms with van der Waals surface area (Å²) < 4.78 is 3.05. The van der Waals surface area contributed by atoms with Crippen LogP contribution in [0.3, 0.4) is 0 Å². The molecule has 0 radical (unpaired) electrons. The lowest BCUT2D eigenvalue weighted by Gasteiger charge is -2.14. The van der Waals surface area contributed by atoms with E-state index in [0.717, 1.165) is 5.56 Å². The fourth-order valence-corrected chi connectivity index (χ4v) is 2.20. The zero-order valence-electron chi connectivity index (χ0n) is 10.0. The molecule has 2 rings (SSSR count). The molecule has 2 aromatic heterocycles. The van der Waals surface area contributed by atoms with Crippen LogP contribution in [0, 0.1) is 6.92 Å². The highest BCUT2D eigenvalue weighted by atomic mass is 32.2. The van der Waals surface area contributed by atoms with Crippen LogP contribution in [0.2, 0.25) is 0 Å². The van der Waals surface area contributed by atoms with Crippen molar-refractivity contribution in [1.82, 2.24) is 8.97 Å². The highest BCUT2D eigenvalue weighted by Gasteiger charge is 2.10. The van der Waals surface area contributed by atoms with E-state index in [1.54, 1.807) is 34.8 Å². The zero-order valence-corrected chi connectivity index (χ0v) is 10.8. The molecule has 0 aliphatic carbocycles. The van der Waals surface area contributed by atoms with E-state index in [1.165, 1.54) is 10.5 Å². The summed E-state index contributed by atoms with van der Waals surface area (Å²) in [5, 5.41) is 0.0576. The van der Waals surface area contributed by atoms with Crippen molar-refractivity contribution in [3.8, 4) is 0 Å². The van der Waals surface area contributed by atoms with E-state index >= 15 is 0 Å². The summed E-state index contributed by atoms with van der Waals surface area (Å²) in [6, 6.07) is 3.16. The molecule has 0 saturated carbocycles. The Morgan fingerprint density at radius 1 is 1.24 bits per heavy atom. The van der Waals surface area contributed by atoms with Crippen LogP contribution in [-0.4, -0.2) is 15.2 Å². The fourth-order valence-electron chi connectivity index (χ4n) is 1.80. The highest BCUT2D eigenvalue weighted by molar-refractivity contribution is 7.98. The summed E-state index contributed by atoms with van der Waals surface area (Å²) in [6.45, 7) is 3.79. The van der Waals surface area contributed by atoms with Gasteiger partial charge in [0.1, 0.15) is 5.52 Å². The molecule has 5 heteroatoms. The Hall–Kier alpha value is -1.49. The highest BCUT2D eigenvalue weighted by Crippen LogP contribution is 2.16. The minimum atomic E-state index is -0.174. The molecule has 0 aromatic carbocycles. The number of aromatic nitrogens is 2. The summed E-state index contributed by atoms with van der Waals surface area (Å²) in [7, 11) is 0. The van der Waals surface area contributed by atoms with E-state index in [9.17, 15) is 9.59 Å². The average molecular weight is 250 g/mol. The van der Waals surface area contributed by atoms with Gasteiger partial charge in [-0.1, -0.05) is 6.07 Å². The normalized spacial score (nSPS) is 12.9. The maximum atomic E-state index is 12.3. The van der Waals surface area contributed by atoms with Crippen LogP contribution in [0.15, 0.2) is 34.1 Å². The van der Waals surface area contributed by atoms with Gasteiger partial charge in [0.2, 0.25) is 0 Å². The Morgan fingerprint density at radius 3 is 2.59 bits per heavy atom. The molecule has 0 saturated heterocycles. The van der Waals surface area contributed by atoms with E-state index < -0.39 is 0 Å².